The molecule has 2 aromatic carbocycles. The minimum Gasteiger partial charge on any atom is -0.299 e. The monoisotopic (exact) mass is 291 g/mol. The van der Waals surface area contributed by atoms with E-state index in [1.54, 1.807) is 0 Å². The van der Waals surface area contributed by atoms with Crippen LogP contribution in [0.15, 0.2) is 60.7 Å². The van der Waals surface area contributed by atoms with E-state index in [9.17, 15) is 0 Å². The highest BCUT2D eigenvalue weighted by atomic mass is 14.9. The highest BCUT2D eigenvalue weighted by Gasteiger charge is 2.08. The molecule has 0 fully saturated rings. The second-order valence-corrected chi connectivity index (χ2v) is 5.89. The Morgan fingerprint density at radius 2 is 1.45 bits per heavy atom. The molecule has 0 unspecified atom stereocenters. The highest BCUT2D eigenvalue weighted by molar-refractivity contribution is 5.18. The summed E-state index contributed by atoms with van der Waals surface area (Å²) in [7, 11) is 0. The summed E-state index contributed by atoms with van der Waals surface area (Å²) in [5.74, 6) is 7.24. The molecule has 1 nitrogen and oxygen atoms in total. The molecule has 0 aliphatic carbocycles. The topological polar surface area (TPSA) is 12.0 Å². The maximum absolute atomic E-state index is 3.56. The summed E-state index contributed by atoms with van der Waals surface area (Å²) in [6.45, 7) is 5.31. The second-order valence-electron chi connectivity index (χ2n) is 5.89. The molecule has 0 bridgehead atoms. The molecular formula is C21H25N. The van der Waals surface area contributed by atoms with Crippen molar-refractivity contribution < 1.29 is 0 Å². The fourth-order valence-corrected chi connectivity index (χ4v) is 2.31. The van der Waals surface area contributed by atoms with Gasteiger partial charge in [-0.3, -0.25) is 5.32 Å². The van der Waals surface area contributed by atoms with Crippen LogP contribution in [-0.2, 0) is 13.0 Å². The van der Waals surface area contributed by atoms with Gasteiger partial charge >= 0.3 is 0 Å². The quantitative estimate of drug-likeness (QED) is 0.776. The van der Waals surface area contributed by atoms with E-state index in [1.807, 2.05) is 6.07 Å². The zero-order chi connectivity index (χ0) is 15.6. The summed E-state index contributed by atoms with van der Waals surface area (Å²) >= 11 is 0. The van der Waals surface area contributed by atoms with Crippen molar-refractivity contribution in [2.75, 3.05) is 0 Å². The molecule has 0 spiro atoms. The lowest BCUT2D eigenvalue weighted by molar-refractivity contribution is 0.475. The summed E-state index contributed by atoms with van der Waals surface area (Å²) in [6, 6.07) is 21.3. The summed E-state index contributed by atoms with van der Waals surface area (Å²) in [5, 5.41) is 3.56. The molecule has 0 aromatic heterocycles. The summed E-state index contributed by atoms with van der Waals surface area (Å²) < 4.78 is 0. The van der Waals surface area contributed by atoms with Gasteiger partial charge in [-0.25, -0.2) is 0 Å². The molecule has 0 aliphatic heterocycles. The first-order valence-corrected chi connectivity index (χ1v) is 8.05. The highest BCUT2D eigenvalue weighted by Crippen LogP contribution is 2.05. The largest absolute Gasteiger partial charge is 0.299 e. The van der Waals surface area contributed by atoms with Crippen LogP contribution in [-0.4, -0.2) is 6.04 Å². The van der Waals surface area contributed by atoms with Crippen molar-refractivity contribution >= 4 is 0 Å². The lowest BCUT2D eigenvalue weighted by Crippen LogP contribution is -2.32. The van der Waals surface area contributed by atoms with Gasteiger partial charge in [0.1, 0.15) is 0 Å². The minimum atomic E-state index is 0.246. The molecule has 1 heteroatoms. The second kappa shape index (κ2) is 9.07. The number of benzene rings is 2. The fourth-order valence-electron chi connectivity index (χ4n) is 2.31. The van der Waals surface area contributed by atoms with E-state index in [-0.39, 0.29) is 6.04 Å². The number of nitrogens with one attached hydrogen (secondary N) is 1. The van der Waals surface area contributed by atoms with Crippen molar-refractivity contribution in [1.82, 2.24) is 5.32 Å². The molecule has 1 atom stereocenters. The Morgan fingerprint density at radius 1 is 0.864 bits per heavy atom. The van der Waals surface area contributed by atoms with Crippen LogP contribution in [0.4, 0.5) is 0 Å². The van der Waals surface area contributed by atoms with Gasteiger partial charge in [0.05, 0.1) is 6.04 Å². The van der Waals surface area contributed by atoms with Gasteiger partial charge in [0.2, 0.25) is 0 Å². The lowest BCUT2D eigenvalue weighted by atomic mass is 10.0. The first kappa shape index (κ1) is 16.3. The summed E-state index contributed by atoms with van der Waals surface area (Å²) in [5.41, 5.74) is 2.66. The summed E-state index contributed by atoms with van der Waals surface area (Å²) in [4.78, 5) is 0. The van der Waals surface area contributed by atoms with Gasteiger partial charge in [0, 0.05) is 13.0 Å². The van der Waals surface area contributed by atoms with E-state index in [1.165, 1.54) is 11.1 Å². The third-order valence-corrected chi connectivity index (χ3v) is 3.67. The van der Waals surface area contributed by atoms with E-state index in [0.29, 0.717) is 5.92 Å². The van der Waals surface area contributed by atoms with E-state index in [4.69, 9.17) is 0 Å². The molecule has 0 saturated carbocycles. The van der Waals surface area contributed by atoms with Crippen LogP contribution in [0.3, 0.4) is 0 Å². The average molecular weight is 291 g/mol. The van der Waals surface area contributed by atoms with Crippen molar-refractivity contribution in [3.8, 4) is 11.8 Å². The van der Waals surface area contributed by atoms with Gasteiger partial charge in [-0.2, -0.15) is 0 Å². The predicted octanol–water partition coefficient (Wildman–Crippen LogP) is 4.44. The third-order valence-electron chi connectivity index (χ3n) is 3.67. The maximum Gasteiger partial charge on any atom is 0.0715 e. The number of rotatable bonds is 6. The molecule has 0 amide bonds. The first-order valence-electron chi connectivity index (χ1n) is 8.05. The zero-order valence-electron chi connectivity index (χ0n) is 13.5. The van der Waals surface area contributed by atoms with Crippen LogP contribution in [0, 0.1) is 17.8 Å². The van der Waals surface area contributed by atoms with E-state index >= 15 is 0 Å². The lowest BCUT2D eigenvalue weighted by Gasteiger charge is -2.16. The van der Waals surface area contributed by atoms with E-state index in [2.05, 4.69) is 85.6 Å². The predicted molar refractivity (Wildman–Crippen MR) is 94.4 cm³/mol. The molecule has 114 valence electrons. The van der Waals surface area contributed by atoms with E-state index in [0.717, 1.165) is 19.4 Å². The molecule has 2 rings (SSSR count). The molecule has 0 saturated heterocycles. The normalized spacial score (nSPS) is 11.8. The van der Waals surface area contributed by atoms with Crippen LogP contribution in [0.2, 0.25) is 0 Å². The third kappa shape index (κ3) is 5.76. The molecule has 22 heavy (non-hydrogen) atoms. The van der Waals surface area contributed by atoms with Crippen LogP contribution in [0.25, 0.3) is 0 Å². The Bertz CT molecular complexity index is 590. The Balaban J connectivity index is 1.83. The van der Waals surface area contributed by atoms with Crippen molar-refractivity contribution in [2.24, 2.45) is 5.92 Å². The molecule has 0 heterocycles. The van der Waals surface area contributed by atoms with Gasteiger partial charge < -0.3 is 0 Å². The molecule has 2 aromatic rings. The number of aryl methyl sites for hydroxylation is 1. The zero-order valence-corrected chi connectivity index (χ0v) is 13.5. The van der Waals surface area contributed by atoms with Crippen LogP contribution >= 0.6 is 0 Å². The van der Waals surface area contributed by atoms with Crippen molar-refractivity contribution in [3.63, 3.8) is 0 Å². The van der Waals surface area contributed by atoms with Gasteiger partial charge in [0.15, 0.2) is 0 Å². The van der Waals surface area contributed by atoms with Gasteiger partial charge in [-0.05, 0) is 23.5 Å². The Morgan fingerprint density at radius 3 is 2.05 bits per heavy atom. The van der Waals surface area contributed by atoms with Crippen molar-refractivity contribution in [3.05, 3.63) is 71.8 Å². The minimum absolute atomic E-state index is 0.246. The van der Waals surface area contributed by atoms with Crippen molar-refractivity contribution in [1.29, 1.82) is 0 Å². The fraction of sp³-hybridized carbons (Fsp3) is 0.333. The Labute approximate surface area is 134 Å². The SMILES string of the molecule is CC(C)[C@H](C#CCCc1ccccc1)NCc1ccccc1. The molecular weight excluding hydrogens is 266 g/mol. The average Bonchev–Trinajstić information content (AvgIpc) is 2.55. The first-order chi connectivity index (χ1) is 10.8. The van der Waals surface area contributed by atoms with Gasteiger partial charge in [-0.15, -0.1) is 5.92 Å². The smallest absolute Gasteiger partial charge is 0.0715 e. The Kier molecular flexibility index (Phi) is 6.74. The molecule has 0 aliphatic rings. The van der Waals surface area contributed by atoms with Gasteiger partial charge in [0.25, 0.3) is 0 Å². The number of hydrogen-bond acceptors (Lipinski definition) is 1. The van der Waals surface area contributed by atoms with Crippen LogP contribution in [0.5, 0.6) is 0 Å². The van der Waals surface area contributed by atoms with Gasteiger partial charge in [-0.1, -0.05) is 80.4 Å². The van der Waals surface area contributed by atoms with E-state index < -0.39 is 0 Å². The van der Waals surface area contributed by atoms with Crippen molar-refractivity contribution in [2.45, 2.75) is 39.3 Å². The summed E-state index contributed by atoms with van der Waals surface area (Å²) in [6.07, 6.45) is 1.94. The number of hydrogen-bond donors (Lipinski definition) is 1. The Hall–Kier alpha value is -2.04. The standard InChI is InChI=1S/C21H25N/c1-18(2)21(22-17-20-14-7-4-8-15-20)16-10-9-13-19-11-5-3-6-12-19/h3-8,11-12,14-15,18,21-22H,9,13,17H2,1-2H3/t21-/m0/s1. The molecule has 1 N–H and O–H groups in total. The maximum atomic E-state index is 3.56. The van der Waals surface area contributed by atoms with Crippen LogP contribution in [0.1, 0.15) is 31.4 Å². The van der Waals surface area contributed by atoms with Crippen LogP contribution < -0.4 is 5.32 Å². The molecule has 0 radical (unpaired) electrons.